The van der Waals surface area contributed by atoms with Crippen LogP contribution in [-0.4, -0.2) is 73.5 Å². The Morgan fingerprint density at radius 3 is 2.64 bits per heavy atom. The predicted octanol–water partition coefficient (Wildman–Crippen LogP) is 3.37. The lowest BCUT2D eigenvalue weighted by Crippen LogP contribution is -2.61. The second kappa shape index (κ2) is 10.7. The maximum absolute atomic E-state index is 13.9. The lowest BCUT2D eigenvalue weighted by atomic mass is 10.1. The van der Waals surface area contributed by atoms with Crippen molar-refractivity contribution in [1.29, 1.82) is 0 Å². The number of pyridine rings is 1. The Kier molecular flexibility index (Phi) is 7.37. The van der Waals surface area contributed by atoms with Crippen LogP contribution in [0.2, 0.25) is 0 Å². The first-order valence-electron chi connectivity index (χ1n) is 11.8. The van der Waals surface area contributed by atoms with Crippen molar-refractivity contribution >= 4 is 16.9 Å². The van der Waals surface area contributed by atoms with Gasteiger partial charge in [0.05, 0.1) is 42.7 Å². The van der Waals surface area contributed by atoms with E-state index in [1.807, 2.05) is 39.8 Å². The fourth-order valence-electron chi connectivity index (χ4n) is 4.43. The molecule has 2 fully saturated rings. The quantitative estimate of drug-likeness (QED) is 0.452. The van der Waals surface area contributed by atoms with Gasteiger partial charge in [0, 0.05) is 31.9 Å². The fourth-order valence-corrected chi connectivity index (χ4v) is 5.82. The van der Waals surface area contributed by atoms with Crippen LogP contribution in [0, 0.1) is 6.92 Å². The summed E-state index contributed by atoms with van der Waals surface area (Å²) < 4.78 is 53.6. The van der Waals surface area contributed by atoms with Crippen molar-refractivity contribution in [1.82, 2.24) is 24.4 Å². The summed E-state index contributed by atoms with van der Waals surface area (Å²) in [5.41, 5.74) is 3.00. The highest BCUT2D eigenvalue weighted by molar-refractivity contribution is 7.84. The Hall–Kier alpha value is -2.80. The van der Waals surface area contributed by atoms with Gasteiger partial charge in [0.25, 0.3) is 5.89 Å². The van der Waals surface area contributed by atoms with Crippen LogP contribution in [0.5, 0.6) is 0 Å². The summed E-state index contributed by atoms with van der Waals surface area (Å²) in [4.78, 5) is 6.90. The third-order valence-electron chi connectivity index (χ3n) is 6.43. The summed E-state index contributed by atoms with van der Waals surface area (Å²) in [5.74, 6) is -0.749. The summed E-state index contributed by atoms with van der Waals surface area (Å²) in [5, 5.41) is 7.02. The number of aromatic nitrogens is 3. The largest absolute Gasteiger partial charge is 0.415 e. The van der Waals surface area contributed by atoms with Crippen molar-refractivity contribution < 1.29 is 22.1 Å². The Bertz CT molecular complexity index is 1210. The van der Waals surface area contributed by atoms with E-state index in [0.717, 1.165) is 31.0 Å². The van der Waals surface area contributed by atoms with Gasteiger partial charge < -0.3 is 9.15 Å². The lowest BCUT2D eigenvalue weighted by molar-refractivity contribution is -0.0870. The highest BCUT2D eigenvalue weighted by atomic mass is 32.2. The molecular weight excluding hydrogens is 490 g/mol. The van der Waals surface area contributed by atoms with Crippen LogP contribution in [0.3, 0.4) is 0 Å². The van der Waals surface area contributed by atoms with Gasteiger partial charge in [-0.1, -0.05) is 12.1 Å². The molecule has 2 aromatic heterocycles. The van der Waals surface area contributed by atoms with Crippen molar-refractivity contribution in [3.63, 3.8) is 0 Å². The number of halogens is 2. The normalized spacial score (nSPS) is 20.4. The molecule has 9 nitrogen and oxygen atoms in total. The highest BCUT2D eigenvalue weighted by Crippen LogP contribution is 2.26. The molecule has 1 aromatic carbocycles. The number of ether oxygens (including phenoxy) is 1. The molecule has 2 saturated heterocycles. The fraction of sp³-hybridized carbons (Fsp3) is 0.458. The lowest BCUT2D eigenvalue weighted by Gasteiger charge is -2.46. The number of aryl methyl sites for hydroxylation is 1. The molecule has 0 radical (unpaired) electrons. The van der Waals surface area contributed by atoms with E-state index in [1.165, 1.54) is 6.20 Å². The first-order valence-corrected chi connectivity index (χ1v) is 12.9. The molecule has 12 heteroatoms. The molecule has 2 aliphatic heterocycles. The predicted molar refractivity (Wildman–Crippen MR) is 130 cm³/mol. The van der Waals surface area contributed by atoms with Gasteiger partial charge in [-0.2, -0.15) is 8.78 Å². The summed E-state index contributed by atoms with van der Waals surface area (Å²) in [6, 6.07) is 12.0. The first kappa shape index (κ1) is 24.9. The number of hydrogen-bond acceptors (Lipinski definition) is 7. The SMILES string of the molecule is Cc1cccc(N(Cc2ccc(-c3nnc(C(F)F)o3)cn2)S(=O)N2CCN(C3COC3)[C@@H](C)C2)c1. The molecule has 5 rings (SSSR count). The van der Waals surface area contributed by atoms with Crippen LogP contribution in [0.1, 0.15) is 30.5 Å². The zero-order valence-electron chi connectivity index (χ0n) is 20.1. The Labute approximate surface area is 210 Å². The van der Waals surface area contributed by atoms with E-state index in [1.54, 1.807) is 12.1 Å². The van der Waals surface area contributed by atoms with Gasteiger partial charge in [-0.25, -0.2) is 8.51 Å². The molecule has 192 valence electrons. The standard InChI is InChI=1S/C24H28F2N6O3S/c1-16-4-3-5-20(10-16)32(36(33)30-8-9-31(17(2)12-30)21-14-34-15-21)13-19-7-6-18(11-27-19)23-28-29-24(35-23)22(25)26/h3-7,10-11,17,21-22H,8-9,12-15H2,1-2H3/t17-,36?/m0/s1. The van der Waals surface area contributed by atoms with E-state index in [2.05, 4.69) is 27.0 Å². The van der Waals surface area contributed by atoms with Gasteiger partial charge in [0.1, 0.15) is 0 Å². The second-order valence-corrected chi connectivity index (χ2v) is 10.5. The molecular formula is C24H28F2N6O3S. The summed E-state index contributed by atoms with van der Waals surface area (Å²) in [6.45, 7) is 8.18. The maximum Gasteiger partial charge on any atom is 0.314 e. The van der Waals surface area contributed by atoms with Crippen molar-refractivity contribution in [2.45, 2.75) is 38.9 Å². The number of nitrogens with zero attached hydrogens (tertiary/aromatic N) is 6. The van der Waals surface area contributed by atoms with Gasteiger partial charge in [-0.05, 0) is 43.7 Å². The van der Waals surface area contributed by atoms with Gasteiger partial charge in [0.15, 0.2) is 11.2 Å². The summed E-state index contributed by atoms with van der Waals surface area (Å²) in [6.07, 6.45) is -1.33. The summed E-state index contributed by atoms with van der Waals surface area (Å²) >= 11 is -1.44. The average Bonchev–Trinajstić information content (AvgIpc) is 3.33. The van der Waals surface area contributed by atoms with E-state index in [4.69, 9.17) is 9.15 Å². The Morgan fingerprint density at radius 2 is 2.03 bits per heavy atom. The molecule has 2 atom stereocenters. The molecule has 3 aromatic rings. The maximum atomic E-state index is 13.9. The van der Waals surface area contributed by atoms with Gasteiger partial charge in [0.2, 0.25) is 5.89 Å². The van der Waals surface area contributed by atoms with Crippen LogP contribution < -0.4 is 4.31 Å². The van der Waals surface area contributed by atoms with E-state index >= 15 is 0 Å². The van der Waals surface area contributed by atoms with Gasteiger partial charge in [-0.15, -0.1) is 10.2 Å². The molecule has 36 heavy (non-hydrogen) atoms. The number of rotatable bonds is 8. The summed E-state index contributed by atoms with van der Waals surface area (Å²) in [7, 11) is 0. The van der Waals surface area contributed by atoms with E-state index in [-0.39, 0.29) is 11.9 Å². The zero-order valence-corrected chi connectivity index (χ0v) is 20.9. The number of piperazine rings is 1. The highest BCUT2D eigenvalue weighted by Gasteiger charge is 2.36. The Balaban J connectivity index is 1.34. The Morgan fingerprint density at radius 1 is 1.19 bits per heavy atom. The van der Waals surface area contributed by atoms with Crippen molar-refractivity contribution in [3.8, 4) is 11.5 Å². The number of alkyl halides is 2. The van der Waals surface area contributed by atoms with Crippen LogP contribution in [0.4, 0.5) is 14.5 Å². The average molecular weight is 519 g/mol. The molecule has 0 aliphatic carbocycles. The van der Waals surface area contributed by atoms with Crippen molar-refractivity contribution in [2.75, 3.05) is 37.2 Å². The number of benzene rings is 1. The topological polar surface area (TPSA) is 87.8 Å². The third-order valence-corrected chi connectivity index (χ3v) is 7.93. The molecule has 0 N–H and O–H groups in total. The van der Waals surface area contributed by atoms with Gasteiger partial charge in [-0.3, -0.25) is 14.2 Å². The molecule has 2 aliphatic rings. The first-order chi connectivity index (χ1) is 17.4. The smallest absolute Gasteiger partial charge is 0.314 e. The van der Waals surface area contributed by atoms with Crippen molar-refractivity contribution in [2.24, 2.45) is 0 Å². The zero-order chi connectivity index (χ0) is 25.2. The monoisotopic (exact) mass is 518 g/mol. The minimum Gasteiger partial charge on any atom is -0.415 e. The van der Waals surface area contributed by atoms with Gasteiger partial charge >= 0.3 is 6.43 Å². The van der Waals surface area contributed by atoms with Crippen LogP contribution in [0.15, 0.2) is 47.0 Å². The molecule has 1 unspecified atom stereocenters. The van der Waals surface area contributed by atoms with Crippen LogP contribution in [-0.2, 0) is 22.5 Å². The van der Waals surface area contributed by atoms with E-state index in [9.17, 15) is 13.0 Å². The molecule has 0 saturated carbocycles. The van der Waals surface area contributed by atoms with E-state index in [0.29, 0.717) is 36.9 Å². The third kappa shape index (κ3) is 5.31. The second-order valence-electron chi connectivity index (χ2n) is 9.06. The van der Waals surface area contributed by atoms with Crippen molar-refractivity contribution in [3.05, 3.63) is 59.7 Å². The molecule has 0 amide bonds. The van der Waals surface area contributed by atoms with Crippen LogP contribution in [0.25, 0.3) is 11.5 Å². The molecule has 0 bridgehead atoms. The number of anilines is 1. The minimum absolute atomic E-state index is 0.0211. The molecule has 0 spiro atoms. The molecule has 4 heterocycles. The minimum atomic E-state index is -2.83. The number of hydrogen-bond donors (Lipinski definition) is 0. The van der Waals surface area contributed by atoms with Crippen LogP contribution >= 0.6 is 0 Å². The van der Waals surface area contributed by atoms with E-state index < -0.39 is 23.5 Å².